The predicted octanol–water partition coefficient (Wildman–Crippen LogP) is 1.25. The second kappa shape index (κ2) is 9.34. The summed E-state index contributed by atoms with van der Waals surface area (Å²) in [6.07, 6.45) is -0.490. The summed E-state index contributed by atoms with van der Waals surface area (Å²) in [5.41, 5.74) is 1.11. The number of methoxy groups -OCH3 is 1. The number of carbonyl (C=O) groups excluding carboxylic acids is 2. The van der Waals surface area contributed by atoms with E-state index in [1.54, 1.807) is 30.3 Å². The average Bonchev–Trinajstić information content (AvgIpc) is 2.67. The zero-order chi connectivity index (χ0) is 20.7. The molecule has 0 spiro atoms. The Kier molecular flexibility index (Phi) is 7.13. The van der Waals surface area contributed by atoms with Crippen LogP contribution in [0.2, 0.25) is 0 Å². The van der Waals surface area contributed by atoms with Gasteiger partial charge in [0.25, 0.3) is 5.91 Å². The van der Waals surface area contributed by atoms with Gasteiger partial charge in [-0.25, -0.2) is 18.4 Å². The number of primary sulfonamides is 1. The summed E-state index contributed by atoms with van der Waals surface area (Å²) in [5, 5.41) is 7.72. The van der Waals surface area contributed by atoms with Crippen molar-refractivity contribution in [2.45, 2.75) is 24.3 Å². The highest BCUT2D eigenvalue weighted by atomic mass is 32.2. The predicted molar refractivity (Wildman–Crippen MR) is 102 cm³/mol. The maximum Gasteiger partial charge on any atom is 0.339 e. The average molecular weight is 406 g/mol. The van der Waals surface area contributed by atoms with Gasteiger partial charge in [0.2, 0.25) is 10.0 Å². The Labute approximate surface area is 163 Å². The molecule has 1 unspecified atom stereocenters. The largest absolute Gasteiger partial charge is 0.497 e. The Balaban J connectivity index is 1.83. The molecule has 0 aliphatic carbocycles. The minimum absolute atomic E-state index is 0.0263. The monoisotopic (exact) mass is 406 g/mol. The zero-order valence-electron chi connectivity index (χ0n) is 15.5. The van der Waals surface area contributed by atoms with Gasteiger partial charge in [0.15, 0.2) is 6.10 Å². The Morgan fingerprint density at radius 2 is 1.82 bits per heavy atom. The Hall–Kier alpha value is -2.91. The number of hydrogen-bond acceptors (Lipinski definition) is 6. The van der Waals surface area contributed by atoms with Crippen molar-refractivity contribution in [3.8, 4) is 5.75 Å². The van der Waals surface area contributed by atoms with Gasteiger partial charge in [-0.1, -0.05) is 18.2 Å². The molecule has 9 heteroatoms. The molecule has 2 aromatic rings. The standard InChI is InChI=1S/C19H22N2O6S/c1-13(27-19(23)15-4-3-5-16(12-15)26-2)18(22)21-11-10-14-6-8-17(9-7-14)28(20,24)25/h3-9,12-13H,10-11H2,1-2H3,(H,21,22)(H2,20,24,25). The summed E-state index contributed by atoms with van der Waals surface area (Å²) in [7, 11) is -2.24. The van der Waals surface area contributed by atoms with Crippen LogP contribution >= 0.6 is 0 Å². The van der Waals surface area contributed by atoms with Crippen LogP contribution in [0.3, 0.4) is 0 Å². The Bertz CT molecular complexity index is 941. The Morgan fingerprint density at radius 1 is 1.14 bits per heavy atom. The maximum absolute atomic E-state index is 12.1. The van der Waals surface area contributed by atoms with Gasteiger partial charge in [-0.15, -0.1) is 0 Å². The first-order valence-corrected chi connectivity index (χ1v) is 10.00. The van der Waals surface area contributed by atoms with Crippen LogP contribution < -0.4 is 15.2 Å². The van der Waals surface area contributed by atoms with Crippen LogP contribution in [0.25, 0.3) is 0 Å². The summed E-state index contributed by atoms with van der Waals surface area (Å²) in [4.78, 5) is 24.2. The van der Waals surface area contributed by atoms with Crippen LogP contribution in [0.15, 0.2) is 53.4 Å². The molecular weight excluding hydrogens is 384 g/mol. The molecule has 0 radical (unpaired) electrons. The molecule has 2 rings (SSSR count). The number of hydrogen-bond donors (Lipinski definition) is 2. The van der Waals surface area contributed by atoms with Crippen molar-refractivity contribution in [2.24, 2.45) is 5.14 Å². The molecule has 0 aromatic heterocycles. The summed E-state index contributed by atoms with van der Waals surface area (Å²) < 4.78 is 32.7. The molecule has 1 amide bonds. The molecule has 28 heavy (non-hydrogen) atoms. The van der Waals surface area contributed by atoms with Gasteiger partial charge in [-0.05, 0) is 49.2 Å². The molecule has 1 atom stereocenters. The number of benzene rings is 2. The zero-order valence-corrected chi connectivity index (χ0v) is 16.4. The lowest BCUT2D eigenvalue weighted by molar-refractivity contribution is -0.129. The molecule has 0 saturated carbocycles. The van der Waals surface area contributed by atoms with Crippen molar-refractivity contribution in [2.75, 3.05) is 13.7 Å². The van der Waals surface area contributed by atoms with Gasteiger partial charge in [-0.2, -0.15) is 0 Å². The SMILES string of the molecule is COc1cccc(C(=O)OC(C)C(=O)NCCc2ccc(S(N)(=O)=O)cc2)c1. The first-order valence-electron chi connectivity index (χ1n) is 8.45. The highest BCUT2D eigenvalue weighted by Gasteiger charge is 2.19. The molecule has 0 aliphatic rings. The topological polar surface area (TPSA) is 125 Å². The van der Waals surface area contributed by atoms with Crippen LogP contribution in [-0.2, 0) is 26.0 Å². The van der Waals surface area contributed by atoms with Crippen molar-refractivity contribution in [1.29, 1.82) is 0 Å². The third kappa shape index (κ3) is 6.07. The van der Waals surface area contributed by atoms with Crippen LogP contribution in [0.4, 0.5) is 0 Å². The molecule has 0 aliphatic heterocycles. The van der Waals surface area contributed by atoms with Gasteiger partial charge in [0.1, 0.15) is 5.75 Å². The number of esters is 1. The lowest BCUT2D eigenvalue weighted by Crippen LogP contribution is -2.36. The molecule has 3 N–H and O–H groups in total. The second-order valence-electron chi connectivity index (χ2n) is 6.01. The molecule has 0 saturated heterocycles. The lowest BCUT2D eigenvalue weighted by Gasteiger charge is -2.14. The third-order valence-electron chi connectivity index (χ3n) is 3.92. The highest BCUT2D eigenvalue weighted by Crippen LogP contribution is 2.14. The van der Waals surface area contributed by atoms with Crippen molar-refractivity contribution in [3.63, 3.8) is 0 Å². The van der Waals surface area contributed by atoms with E-state index in [4.69, 9.17) is 14.6 Å². The number of amides is 1. The summed E-state index contributed by atoms with van der Waals surface area (Å²) in [6, 6.07) is 12.5. The molecule has 2 aromatic carbocycles. The van der Waals surface area contributed by atoms with E-state index in [1.807, 2.05) is 0 Å². The fourth-order valence-electron chi connectivity index (χ4n) is 2.35. The normalized spacial score (nSPS) is 12.1. The van der Waals surface area contributed by atoms with Gasteiger partial charge in [0.05, 0.1) is 17.6 Å². The molecule has 150 valence electrons. The fourth-order valence-corrected chi connectivity index (χ4v) is 2.87. The first-order chi connectivity index (χ1) is 13.2. The number of rotatable bonds is 8. The number of nitrogens with two attached hydrogens (primary N) is 1. The van der Waals surface area contributed by atoms with E-state index in [1.165, 1.54) is 32.2 Å². The Morgan fingerprint density at radius 3 is 2.43 bits per heavy atom. The highest BCUT2D eigenvalue weighted by molar-refractivity contribution is 7.89. The van der Waals surface area contributed by atoms with Crippen LogP contribution in [0.5, 0.6) is 5.75 Å². The van der Waals surface area contributed by atoms with E-state index < -0.39 is 28.0 Å². The number of carbonyl (C=O) groups is 2. The number of nitrogens with one attached hydrogen (secondary N) is 1. The van der Waals surface area contributed by atoms with Crippen LogP contribution in [-0.4, -0.2) is 40.1 Å². The number of sulfonamides is 1. The number of ether oxygens (including phenoxy) is 2. The van der Waals surface area contributed by atoms with Crippen molar-refractivity contribution in [1.82, 2.24) is 5.32 Å². The van der Waals surface area contributed by atoms with E-state index in [-0.39, 0.29) is 10.5 Å². The summed E-state index contributed by atoms with van der Waals surface area (Å²) in [6.45, 7) is 1.78. The minimum Gasteiger partial charge on any atom is -0.497 e. The van der Waals surface area contributed by atoms with Gasteiger partial charge in [-0.3, -0.25) is 4.79 Å². The lowest BCUT2D eigenvalue weighted by atomic mass is 10.1. The van der Waals surface area contributed by atoms with Crippen LogP contribution in [0.1, 0.15) is 22.8 Å². The van der Waals surface area contributed by atoms with Gasteiger partial charge >= 0.3 is 5.97 Å². The van der Waals surface area contributed by atoms with E-state index in [2.05, 4.69) is 5.32 Å². The molecule has 8 nitrogen and oxygen atoms in total. The quantitative estimate of drug-likeness (QED) is 0.636. The van der Waals surface area contributed by atoms with Gasteiger partial charge in [0, 0.05) is 6.54 Å². The summed E-state index contributed by atoms with van der Waals surface area (Å²) >= 11 is 0. The van der Waals surface area contributed by atoms with Gasteiger partial charge < -0.3 is 14.8 Å². The van der Waals surface area contributed by atoms with E-state index in [0.29, 0.717) is 18.7 Å². The van der Waals surface area contributed by atoms with Crippen molar-refractivity contribution >= 4 is 21.9 Å². The molecule has 0 bridgehead atoms. The van der Waals surface area contributed by atoms with Crippen molar-refractivity contribution in [3.05, 3.63) is 59.7 Å². The van der Waals surface area contributed by atoms with E-state index in [0.717, 1.165) is 5.56 Å². The second-order valence-corrected chi connectivity index (χ2v) is 7.57. The molecular formula is C19H22N2O6S. The molecule has 0 heterocycles. The first kappa shape index (κ1) is 21.4. The smallest absolute Gasteiger partial charge is 0.339 e. The third-order valence-corrected chi connectivity index (χ3v) is 4.85. The van der Waals surface area contributed by atoms with E-state index in [9.17, 15) is 18.0 Å². The fraction of sp³-hybridized carbons (Fsp3) is 0.263. The van der Waals surface area contributed by atoms with Crippen molar-refractivity contribution < 1.29 is 27.5 Å². The minimum atomic E-state index is -3.73. The maximum atomic E-state index is 12.1. The summed E-state index contributed by atoms with van der Waals surface area (Å²) in [5.74, 6) is -0.544. The van der Waals surface area contributed by atoms with E-state index >= 15 is 0 Å². The molecule has 0 fully saturated rings. The van der Waals surface area contributed by atoms with Crippen LogP contribution in [0, 0.1) is 0 Å².